The summed E-state index contributed by atoms with van der Waals surface area (Å²) in [6.07, 6.45) is 3.57. The Morgan fingerprint density at radius 2 is 2.38 bits per heavy atom. The number of nitrogens with zero attached hydrogens (tertiary/aromatic N) is 2. The Kier molecular flexibility index (Phi) is 2.96. The lowest BCUT2D eigenvalue weighted by molar-refractivity contribution is -0.143. The Bertz CT molecular complexity index is 536. The maximum atomic E-state index is 11.5. The minimum atomic E-state index is -0.358. The van der Waals surface area contributed by atoms with Crippen LogP contribution in [-0.2, 0) is 9.53 Å². The van der Waals surface area contributed by atoms with Crippen molar-refractivity contribution in [3.8, 4) is 0 Å². The van der Waals surface area contributed by atoms with Gasteiger partial charge in [0, 0.05) is 12.4 Å². The zero-order valence-corrected chi connectivity index (χ0v) is 10.6. The maximum absolute atomic E-state index is 11.5. The van der Waals surface area contributed by atoms with E-state index in [-0.39, 0.29) is 12.0 Å². The Labute approximate surface area is 101 Å². The third-order valence-electron chi connectivity index (χ3n) is 2.50. The van der Waals surface area contributed by atoms with Gasteiger partial charge in [-0.25, -0.2) is 4.79 Å². The van der Waals surface area contributed by atoms with Crippen LogP contribution >= 0.6 is 15.9 Å². The largest absolute Gasteiger partial charge is 0.467 e. The molecule has 0 bridgehead atoms. The fourth-order valence-corrected chi connectivity index (χ4v) is 2.17. The van der Waals surface area contributed by atoms with Gasteiger partial charge in [-0.1, -0.05) is 0 Å². The van der Waals surface area contributed by atoms with Gasteiger partial charge >= 0.3 is 5.97 Å². The fourth-order valence-electron chi connectivity index (χ4n) is 1.65. The lowest BCUT2D eigenvalue weighted by Crippen LogP contribution is -2.16. The molecule has 0 aromatic carbocycles. The van der Waals surface area contributed by atoms with Crippen molar-refractivity contribution in [1.29, 1.82) is 0 Å². The van der Waals surface area contributed by atoms with Gasteiger partial charge in [0.15, 0.2) is 0 Å². The number of aromatic nitrogens is 2. The van der Waals surface area contributed by atoms with Gasteiger partial charge in [0.2, 0.25) is 0 Å². The lowest BCUT2D eigenvalue weighted by Gasteiger charge is -2.12. The van der Waals surface area contributed by atoms with Gasteiger partial charge < -0.3 is 9.30 Å². The van der Waals surface area contributed by atoms with E-state index >= 15 is 0 Å². The van der Waals surface area contributed by atoms with E-state index in [2.05, 4.69) is 20.9 Å². The van der Waals surface area contributed by atoms with E-state index in [4.69, 9.17) is 4.74 Å². The first kappa shape index (κ1) is 11.1. The number of halogens is 1. The standard InChI is InChI=1S/C11H11BrN2O2/c1-7(11(15)16-2)14-6-8(12)10-9(14)4-3-5-13-10/h3-7H,1-2H3/t7-/m0/s1. The van der Waals surface area contributed by atoms with Gasteiger partial charge in [-0.15, -0.1) is 0 Å². The number of carbonyl (C=O) groups excluding carboxylic acids is 1. The average Bonchev–Trinajstić information content (AvgIpc) is 2.65. The van der Waals surface area contributed by atoms with Crippen LogP contribution in [0.25, 0.3) is 11.0 Å². The number of rotatable bonds is 2. The van der Waals surface area contributed by atoms with E-state index < -0.39 is 0 Å². The number of ether oxygens (including phenoxy) is 1. The summed E-state index contributed by atoms with van der Waals surface area (Å²) < 4.78 is 7.45. The summed E-state index contributed by atoms with van der Waals surface area (Å²) in [4.78, 5) is 15.7. The molecule has 16 heavy (non-hydrogen) atoms. The number of methoxy groups -OCH3 is 1. The molecule has 84 valence electrons. The maximum Gasteiger partial charge on any atom is 0.328 e. The monoisotopic (exact) mass is 282 g/mol. The fraction of sp³-hybridized carbons (Fsp3) is 0.273. The second-order valence-electron chi connectivity index (χ2n) is 3.45. The van der Waals surface area contributed by atoms with Gasteiger partial charge in [-0.3, -0.25) is 4.98 Å². The van der Waals surface area contributed by atoms with Crippen molar-refractivity contribution in [2.45, 2.75) is 13.0 Å². The predicted octanol–water partition coefficient (Wildman–Crippen LogP) is 2.53. The van der Waals surface area contributed by atoms with Crippen LogP contribution in [0.2, 0.25) is 0 Å². The van der Waals surface area contributed by atoms with Gasteiger partial charge in [-0.2, -0.15) is 0 Å². The predicted molar refractivity (Wildman–Crippen MR) is 64.2 cm³/mol. The molecular formula is C11H11BrN2O2. The van der Waals surface area contributed by atoms with E-state index in [1.54, 1.807) is 13.1 Å². The number of fused-ring (bicyclic) bond motifs is 1. The van der Waals surface area contributed by atoms with Crippen molar-refractivity contribution in [3.63, 3.8) is 0 Å². The molecule has 0 saturated heterocycles. The highest BCUT2D eigenvalue weighted by Crippen LogP contribution is 2.27. The number of esters is 1. The smallest absolute Gasteiger partial charge is 0.328 e. The second kappa shape index (κ2) is 4.25. The minimum Gasteiger partial charge on any atom is -0.467 e. The molecule has 0 spiro atoms. The van der Waals surface area contributed by atoms with E-state index in [0.29, 0.717) is 0 Å². The first-order chi connectivity index (χ1) is 7.65. The molecule has 2 rings (SSSR count). The molecule has 2 aromatic rings. The van der Waals surface area contributed by atoms with Crippen LogP contribution in [-0.4, -0.2) is 22.6 Å². The van der Waals surface area contributed by atoms with E-state index in [0.717, 1.165) is 15.5 Å². The number of pyridine rings is 1. The number of hydrogen-bond donors (Lipinski definition) is 0. The van der Waals surface area contributed by atoms with Gasteiger partial charge in [0.1, 0.15) is 11.6 Å². The summed E-state index contributed by atoms with van der Waals surface area (Å²) in [6.45, 7) is 1.80. The molecule has 2 aromatic heterocycles. The Morgan fingerprint density at radius 1 is 1.62 bits per heavy atom. The highest BCUT2D eigenvalue weighted by Gasteiger charge is 2.18. The minimum absolute atomic E-state index is 0.270. The molecule has 0 aliphatic rings. The van der Waals surface area contributed by atoms with Gasteiger partial charge in [0.05, 0.1) is 17.1 Å². The number of carbonyl (C=O) groups is 1. The molecule has 0 saturated carbocycles. The highest BCUT2D eigenvalue weighted by atomic mass is 79.9. The summed E-state index contributed by atoms with van der Waals surface area (Å²) >= 11 is 3.42. The van der Waals surface area contributed by atoms with E-state index in [1.807, 2.05) is 22.9 Å². The van der Waals surface area contributed by atoms with Crippen LogP contribution in [0.1, 0.15) is 13.0 Å². The molecule has 0 unspecified atom stereocenters. The van der Waals surface area contributed by atoms with Crippen molar-refractivity contribution in [2.75, 3.05) is 7.11 Å². The van der Waals surface area contributed by atoms with Gasteiger partial charge in [-0.05, 0) is 35.0 Å². The Balaban J connectivity index is 2.57. The van der Waals surface area contributed by atoms with E-state index in [9.17, 15) is 4.79 Å². The zero-order valence-electron chi connectivity index (χ0n) is 8.98. The summed E-state index contributed by atoms with van der Waals surface area (Å²) in [6, 6.07) is 3.41. The molecule has 4 nitrogen and oxygen atoms in total. The highest BCUT2D eigenvalue weighted by molar-refractivity contribution is 9.10. The topological polar surface area (TPSA) is 44.1 Å². The van der Waals surface area contributed by atoms with Crippen LogP contribution in [0.4, 0.5) is 0 Å². The molecule has 0 amide bonds. The van der Waals surface area contributed by atoms with Crippen LogP contribution in [0, 0.1) is 0 Å². The summed E-state index contributed by atoms with van der Waals surface area (Å²) in [7, 11) is 1.39. The third kappa shape index (κ3) is 1.71. The average molecular weight is 283 g/mol. The molecule has 5 heteroatoms. The van der Waals surface area contributed by atoms with Crippen LogP contribution in [0.3, 0.4) is 0 Å². The van der Waals surface area contributed by atoms with Crippen molar-refractivity contribution in [3.05, 3.63) is 29.0 Å². The molecule has 0 aliphatic carbocycles. The van der Waals surface area contributed by atoms with Crippen LogP contribution in [0.15, 0.2) is 29.0 Å². The second-order valence-corrected chi connectivity index (χ2v) is 4.31. The quantitative estimate of drug-likeness (QED) is 0.795. The van der Waals surface area contributed by atoms with Crippen molar-refractivity contribution in [1.82, 2.24) is 9.55 Å². The van der Waals surface area contributed by atoms with Crippen molar-refractivity contribution >= 4 is 32.9 Å². The molecule has 2 heterocycles. The molecular weight excluding hydrogens is 272 g/mol. The molecule has 1 atom stereocenters. The van der Waals surface area contributed by atoms with Crippen molar-refractivity contribution < 1.29 is 9.53 Å². The lowest BCUT2D eigenvalue weighted by atomic mass is 10.3. The van der Waals surface area contributed by atoms with Crippen LogP contribution in [0.5, 0.6) is 0 Å². The van der Waals surface area contributed by atoms with Crippen LogP contribution < -0.4 is 0 Å². The van der Waals surface area contributed by atoms with Crippen molar-refractivity contribution in [2.24, 2.45) is 0 Å². The first-order valence-corrected chi connectivity index (χ1v) is 5.63. The number of hydrogen-bond acceptors (Lipinski definition) is 3. The SMILES string of the molecule is COC(=O)[C@H](C)n1cc(Br)c2ncccc21. The first-order valence-electron chi connectivity index (χ1n) is 4.84. The third-order valence-corrected chi connectivity index (χ3v) is 3.08. The molecule has 0 aliphatic heterocycles. The summed E-state index contributed by atoms with van der Waals surface area (Å²) in [5.74, 6) is -0.270. The van der Waals surface area contributed by atoms with Gasteiger partial charge in [0.25, 0.3) is 0 Å². The summed E-state index contributed by atoms with van der Waals surface area (Å²) in [5.41, 5.74) is 1.76. The Hall–Kier alpha value is -1.36. The summed E-state index contributed by atoms with van der Waals surface area (Å²) in [5, 5.41) is 0. The molecule has 0 radical (unpaired) electrons. The van der Waals surface area contributed by atoms with E-state index in [1.165, 1.54) is 7.11 Å². The normalized spacial score (nSPS) is 12.7. The Morgan fingerprint density at radius 3 is 3.06 bits per heavy atom. The zero-order chi connectivity index (χ0) is 11.7. The molecule has 0 N–H and O–H groups in total. The molecule has 0 fully saturated rings.